The number of esters is 3. The quantitative estimate of drug-likeness (QED) is 0.0261. The van der Waals surface area contributed by atoms with Crippen LogP contribution in [-0.4, -0.2) is 37.2 Å². The lowest BCUT2D eigenvalue weighted by atomic mass is 10.1. The molecule has 0 radical (unpaired) electrons. The van der Waals surface area contributed by atoms with Gasteiger partial charge in [0.05, 0.1) is 0 Å². The molecule has 0 spiro atoms. The van der Waals surface area contributed by atoms with Crippen LogP contribution in [0.1, 0.15) is 233 Å². The first kappa shape index (κ1) is 72.5. The van der Waals surface area contributed by atoms with Crippen LogP contribution < -0.4 is 0 Å². The maximum atomic E-state index is 12.8. The van der Waals surface area contributed by atoms with E-state index < -0.39 is 6.10 Å². The van der Waals surface area contributed by atoms with Gasteiger partial charge < -0.3 is 14.2 Å². The largest absolute Gasteiger partial charge is 0.462 e. The Hall–Kier alpha value is -5.49. The van der Waals surface area contributed by atoms with Crippen molar-refractivity contribution < 1.29 is 28.6 Å². The molecule has 0 aliphatic carbocycles. The van der Waals surface area contributed by atoms with E-state index >= 15 is 0 Å². The molecule has 0 aliphatic heterocycles. The zero-order chi connectivity index (χ0) is 56.4. The van der Waals surface area contributed by atoms with Crippen LogP contribution >= 0.6 is 0 Å². The summed E-state index contributed by atoms with van der Waals surface area (Å²) in [6.45, 7) is 6.27. The summed E-state index contributed by atoms with van der Waals surface area (Å²) < 4.78 is 16.7. The number of allylic oxidation sites excluding steroid dienone is 30. The molecule has 0 aromatic carbocycles. The minimum Gasteiger partial charge on any atom is -0.462 e. The molecular weight excluding hydrogens is 961 g/mol. The molecule has 434 valence electrons. The molecular formula is C72H110O6. The molecule has 78 heavy (non-hydrogen) atoms. The van der Waals surface area contributed by atoms with E-state index in [2.05, 4.69) is 203 Å². The molecule has 6 nitrogen and oxygen atoms in total. The molecule has 1 unspecified atom stereocenters. The Bertz CT molecular complexity index is 1850. The molecule has 6 heteroatoms. The van der Waals surface area contributed by atoms with Gasteiger partial charge in [-0.1, -0.05) is 254 Å². The molecule has 0 bridgehead atoms. The van der Waals surface area contributed by atoms with Gasteiger partial charge in [0, 0.05) is 19.3 Å². The van der Waals surface area contributed by atoms with E-state index in [1.54, 1.807) is 0 Å². The fourth-order valence-corrected chi connectivity index (χ4v) is 7.61. The third kappa shape index (κ3) is 61.4. The minimum absolute atomic E-state index is 0.108. The van der Waals surface area contributed by atoms with Crippen LogP contribution in [0.25, 0.3) is 0 Å². The highest BCUT2D eigenvalue weighted by Gasteiger charge is 2.19. The molecule has 0 amide bonds. The summed E-state index contributed by atoms with van der Waals surface area (Å²) in [6.07, 6.45) is 96.4. The SMILES string of the molecule is CC/C=C\C/C=C\C/C=C\C/C=C\C/C=C\C/C=C\C/C=C\C/C=C\C/C=C\C/C=C\CCCCC(=O)OCC(COC(=O)CCCCCCCC)OC(=O)CCCCCCC/C=C\C/C=C\C/C=C\C/C=C\C/C=C\CC. The van der Waals surface area contributed by atoms with E-state index in [0.717, 1.165) is 167 Å². The second-order valence-electron chi connectivity index (χ2n) is 19.5. The van der Waals surface area contributed by atoms with Crippen molar-refractivity contribution in [2.45, 2.75) is 239 Å². The lowest BCUT2D eigenvalue weighted by Gasteiger charge is -2.18. The standard InChI is InChI=1S/C72H110O6/c1-4-7-10-13-16-18-20-22-24-26-28-30-31-32-33-34-35-36-37-38-39-40-41-43-44-46-48-50-52-54-56-59-62-65-71(74)77-68-69(67-76-70(73)64-61-58-15-12-9-6-3)78-72(75)66-63-60-57-55-53-51-49-47-45-42-29-27-25-23-21-19-17-14-11-8-5-2/h7-8,10-11,16-19,22-25,28-30,32-33,35-36,38-39,41-43,46-49,52,54,69H,4-6,9,12-15,20-21,26-27,31,34,37,40,44-45,50-51,53,55-68H2,1-3H3/b10-7-,11-8-,18-16-,19-17-,24-22-,25-23-,30-28-,33-32-,36-35-,39-38-,42-29-,43-41-,48-46-,49-47-,54-52-. The summed E-state index contributed by atoms with van der Waals surface area (Å²) in [7, 11) is 0. The van der Waals surface area contributed by atoms with Gasteiger partial charge in [0.2, 0.25) is 0 Å². The average molecular weight is 1070 g/mol. The first-order chi connectivity index (χ1) is 38.5. The lowest BCUT2D eigenvalue weighted by Crippen LogP contribution is -2.30. The summed E-state index contributed by atoms with van der Waals surface area (Å²) in [5.74, 6) is -0.994. The summed E-state index contributed by atoms with van der Waals surface area (Å²) in [5.41, 5.74) is 0. The highest BCUT2D eigenvalue weighted by atomic mass is 16.6. The molecule has 0 N–H and O–H groups in total. The number of hydrogen-bond donors (Lipinski definition) is 0. The molecule has 0 heterocycles. The van der Waals surface area contributed by atoms with Gasteiger partial charge in [0.25, 0.3) is 0 Å². The zero-order valence-corrected chi connectivity index (χ0v) is 49.6. The van der Waals surface area contributed by atoms with Gasteiger partial charge in [-0.3, -0.25) is 14.4 Å². The van der Waals surface area contributed by atoms with Crippen LogP contribution in [-0.2, 0) is 28.6 Å². The van der Waals surface area contributed by atoms with Crippen molar-refractivity contribution >= 4 is 17.9 Å². The van der Waals surface area contributed by atoms with E-state index in [9.17, 15) is 14.4 Å². The number of ether oxygens (including phenoxy) is 3. The minimum atomic E-state index is -0.814. The van der Waals surface area contributed by atoms with Crippen molar-refractivity contribution in [2.75, 3.05) is 13.2 Å². The molecule has 0 aromatic rings. The van der Waals surface area contributed by atoms with E-state index in [1.807, 2.05) is 0 Å². The monoisotopic (exact) mass is 1070 g/mol. The zero-order valence-electron chi connectivity index (χ0n) is 49.6. The van der Waals surface area contributed by atoms with Crippen molar-refractivity contribution in [3.63, 3.8) is 0 Å². The second-order valence-corrected chi connectivity index (χ2v) is 19.5. The average Bonchev–Trinajstić information content (AvgIpc) is 3.44. The van der Waals surface area contributed by atoms with Crippen molar-refractivity contribution in [3.05, 3.63) is 182 Å². The molecule has 1 atom stereocenters. The van der Waals surface area contributed by atoms with Gasteiger partial charge in [0.15, 0.2) is 6.10 Å². The number of carbonyl (C=O) groups excluding carboxylic acids is 3. The maximum absolute atomic E-state index is 12.8. The van der Waals surface area contributed by atoms with Gasteiger partial charge in [0.1, 0.15) is 13.2 Å². The van der Waals surface area contributed by atoms with Crippen LogP contribution in [0.5, 0.6) is 0 Å². The molecule has 0 aliphatic rings. The first-order valence-electron chi connectivity index (χ1n) is 30.8. The van der Waals surface area contributed by atoms with Gasteiger partial charge in [-0.2, -0.15) is 0 Å². The fourth-order valence-electron chi connectivity index (χ4n) is 7.61. The Balaban J connectivity index is 4.28. The molecule has 0 fully saturated rings. The Kier molecular flexibility index (Phi) is 59.5. The Morgan fingerprint density at radius 2 is 0.500 bits per heavy atom. The van der Waals surface area contributed by atoms with Gasteiger partial charge in [-0.05, 0) is 141 Å². The summed E-state index contributed by atoms with van der Waals surface area (Å²) in [6, 6.07) is 0. The topological polar surface area (TPSA) is 78.9 Å². The first-order valence-corrected chi connectivity index (χ1v) is 30.8. The molecule has 0 saturated carbocycles. The van der Waals surface area contributed by atoms with Crippen LogP contribution in [0, 0.1) is 0 Å². The van der Waals surface area contributed by atoms with Crippen molar-refractivity contribution in [2.24, 2.45) is 0 Å². The van der Waals surface area contributed by atoms with Gasteiger partial charge >= 0.3 is 17.9 Å². The van der Waals surface area contributed by atoms with Crippen LogP contribution in [0.15, 0.2) is 182 Å². The fraction of sp³-hybridized carbons (Fsp3) is 0.542. The summed E-state index contributed by atoms with van der Waals surface area (Å²) in [4.78, 5) is 37.9. The van der Waals surface area contributed by atoms with Crippen molar-refractivity contribution in [3.8, 4) is 0 Å². The predicted octanol–water partition coefficient (Wildman–Crippen LogP) is 21.3. The van der Waals surface area contributed by atoms with E-state index in [1.165, 1.54) is 19.3 Å². The maximum Gasteiger partial charge on any atom is 0.306 e. The molecule has 0 aromatic heterocycles. The predicted molar refractivity (Wildman–Crippen MR) is 338 cm³/mol. The van der Waals surface area contributed by atoms with Crippen LogP contribution in [0.2, 0.25) is 0 Å². The van der Waals surface area contributed by atoms with Crippen LogP contribution in [0.3, 0.4) is 0 Å². The highest BCUT2D eigenvalue weighted by molar-refractivity contribution is 5.71. The third-order valence-electron chi connectivity index (χ3n) is 12.2. The number of carbonyl (C=O) groups is 3. The normalized spacial score (nSPS) is 13.4. The van der Waals surface area contributed by atoms with E-state index in [4.69, 9.17) is 14.2 Å². The Labute approximate surface area is 478 Å². The van der Waals surface area contributed by atoms with Gasteiger partial charge in [-0.25, -0.2) is 0 Å². The summed E-state index contributed by atoms with van der Waals surface area (Å²) >= 11 is 0. The molecule has 0 rings (SSSR count). The number of hydrogen-bond acceptors (Lipinski definition) is 6. The number of unbranched alkanes of at least 4 members (excludes halogenated alkanes) is 12. The van der Waals surface area contributed by atoms with E-state index in [0.29, 0.717) is 12.8 Å². The second kappa shape index (κ2) is 64.0. The van der Waals surface area contributed by atoms with Gasteiger partial charge in [-0.15, -0.1) is 0 Å². The highest BCUT2D eigenvalue weighted by Crippen LogP contribution is 2.12. The smallest absolute Gasteiger partial charge is 0.306 e. The lowest BCUT2D eigenvalue weighted by molar-refractivity contribution is -0.167. The Morgan fingerprint density at radius 3 is 0.808 bits per heavy atom. The third-order valence-corrected chi connectivity index (χ3v) is 12.2. The number of rotatable bonds is 53. The molecule has 0 saturated heterocycles. The Morgan fingerprint density at radius 1 is 0.269 bits per heavy atom. The summed E-state index contributed by atoms with van der Waals surface area (Å²) in [5, 5.41) is 0. The van der Waals surface area contributed by atoms with Crippen molar-refractivity contribution in [1.82, 2.24) is 0 Å². The van der Waals surface area contributed by atoms with E-state index in [-0.39, 0.29) is 44.0 Å². The van der Waals surface area contributed by atoms with Crippen LogP contribution in [0.4, 0.5) is 0 Å². The van der Waals surface area contributed by atoms with Crippen molar-refractivity contribution in [1.29, 1.82) is 0 Å².